The van der Waals surface area contributed by atoms with Crippen molar-refractivity contribution in [2.24, 2.45) is 0 Å². The van der Waals surface area contributed by atoms with E-state index in [1.54, 1.807) is 6.07 Å². The van der Waals surface area contributed by atoms with E-state index in [1.165, 1.54) is 31.2 Å². The van der Waals surface area contributed by atoms with Crippen molar-refractivity contribution in [1.29, 1.82) is 0 Å². The molecule has 1 N–H and O–H groups in total. The van der Waals surface area contributed by atoms with Crippen molar-refractivity contribution in [1.82, 2.24) is 0 Å². The molecule has 0 unspecified atom stereocenters. The number of phenolic OH excluding ortho intramolecular Hbond substituents is 1. The summed E-state index contributed by atoms with van der Waals surface area (Å²) in [6, 6.07) is 7.26. The van der Waals surface area contributed by atoms with Crippen LogP contribution in [0.5, 0.6) is 5.75 Å². The Morgan fingerprint density at radius 2 is 1.82 bits per heavy atom. The standard InChI is InChI=1S/C12H9FO2.C2H6/c1-7(14)12-10-4-3-9(15)6-8(10)2-5-11(12)13;1-2/h2-6,15H,1H3;1-2H3. The third kappa shape index (κ3) is 2.61. The van der Waals surface area contributed by atoms with E-state index in [4.69, 9.17) is 0 Å². The normalized spacial score (nSPS) is 9.65. The highest BCUT2D eigenvalue weighted by atomic mass is 19.1. The lowest BCUT2D eigenvalue weighted by Gasteiger charge is -2.05. The number of fused-ring (bicyclic) bond motifs is 1. The van der Waals surface area contributed by atoms with Crippen LogP contribution in [0.4, 0.5) is 4.39 Å². The molecule has 2 aromatic carbocycles. The molecule has 0 aromatic heterocycles. The van der Waals surface area contributed by atoms with Gasteiger partial charge >= 0.3 is 0 Å². The molecule has 0 spiro atoms. The summed E-state index contributed by atoms with van der Waals surface area (Å²) in [6.45, 7) is 5.32. The highest BCUT2D eigenvalue weighted by molar-refractivity contribution is 6.07. The Balaban J connectivity index is 0.000000686. The maximum atomic E-state index is 13.4. The zero-order chi connectivity index (χ0) is 13.0. The lowest BCUT2D eigenvalue weighted by molar-refractivity contribution is 0.101. The van der Waals surface area contributed by atoms with Crippen molar-refractivity contribution in [3.63, 3.8) is 0 Å². The molecule has 0 amide bonds. The summed E-state index contributed by atoms with van der Waals surface area (Å²) >= 11 is 0. The van der Waals surface area contributed by atoms with E-state index in [9.17, 15) is 14.3 Å². The highest BCUT2D eigenvalue weighted by Crippen LogP contribution is 2.25. The van der Waals surface area contributed by atoms with Crippen LogP contribution in [0.25, 0.3) is 10.8 Å². The second-order valence-corrected chi connectivity index (χ2v) is 3.38. The summed E-state index contributed by atoms with van der Waals surface area (Å²) < 4.78 is 13.4. The molecule has 2 aromatic rings. The predicted octanol–water partition coefficient (Wildman–Crippen LogP) is 3.91. The van der Waals surface area contributed by atoms with Gasteiger partial charge in [-0.25, -0.2) is 4.39 Å². The van der Waals surface area contributed by atoms with Gasteiger partial charge < -0.3 is 5.11 Å². The van der Waals surface area contributed by atoms with Crippen LogP contribution in [0, 0.1) is 5.82 Å². The Morgan fingerprint density at radius 3 is 2.41 bits per heavy atom. The molecule has 90 valence electrons. The van der Waals surface area contributed by atoms with Crippen LogP contribution in [0.2, 0.25) is 0 Å². The highest BCUT2D eigenvalue weighted by Gasteiger charge is 2.11. The first-order valence-corrected chi connectivity index (χ1v) is 5.52. The number of benzene rings is 2. The van der Waals surface area contributed by atoms with Gasteiger partial charge in [0.15, 0.2) is 5.78 Å². The van der Waals surface area contributed by atoms with E-state index in [0.717, 1.165) is 0 Å². The quantitative estimate of drug-likeness (QED) is 0.759. The first-order chi connectivity index (χ1) is 8.09. The van der Waals surface area contributed by atoms with Crippen LogP contribution in [0.3, 0.4) is 0 Å². The molecule has 0 aliphatic carbocycles. The Hall–Kier alpha value is -1.90. The monoisotopic (exact) mass is 234 g/mol. The molecule has 0 radical (unpaired) electrons. The maximum Gasteiger partial charge on any atom is 0.163 e. The number of aromatic hydroxyl groups is 1. The van der Waals surface area contributed by atoms with Crippen LogP contribution < -0.4 is 0 Å². The van der Waals surface area contributed by atoms with E-state index in [2.05, 4.69) is 0 Å². The van der Waals surface area contributed by atoms with E-state index < -0.39 is 5.82 Å². The van der Waals surface area contributed by atoms with Crippen molar-refractivity contribution < 1.29 is 14.3 Å². The van der Waals surface area contributed by atoms with Crippen LogP contribution in [-0.4, -0.2) is 10.9 Å². The Kier molecular flexibility index (Phi) is 4.21. The molecule has 0 aliphatic heterocycles. The Morgan fingerprint density at radius 1 is 1.18 bits per heavy atom. The average Bonchev–Trinajstić information content (AvgIpc) is 2.31. The summed E-state index contributed by atoms with van der Waals surface area (Å²) in [5.74, 6) is -0.743. The van der Waals surface area contributed by atoms with E-state index in [-0.39, 0.29) is 17.1 Å². The summed E-state index contributed by atoms with van der Waals surface area (Å²) in [5, 5.41) is 10.4. The SMILES string of the molecule is CC.CC(=O)c1c(F)ccc2cc(O)ccc12. The molecule has 17 heavy (non-hydrogen) atoms. The second kappa shape index (κ2) is 5.43. The fourth-order valence-corrected chi connectivity index (χ4v) is 1.65. The molecule has 0 atom stereocenters. The van der Waals surface area contributed by atoms with Crippen molar-refractivity contribution >= 4 is 16.6 Å². The van der Waals surface area contributed by atoms with Crippen LogP contribution in [-0.2, 0) is 0 Å². The van der Waals surface area contributed by atoms with Crippen LogP contribution in [0.1, 0.15) is 31.1 Å². The first-order valence-electron chi connectivity index (χ1n) is 5.52. The zero-order valence-electron chi connectivity index (χ0n) is 10.1. The molecule has 0 fully saturated rings. The van der Waals surface area contributed by atoms with Gasteiger partial charge in [0.25, 0.3) is 0 Å². The Labute approximate surface area is 99.7 Å². The van der Waals surface area contributed by atoms with Gasteiger partial charge in [-0.1, -0.05) is 19.9 Å². The number of carbonyl (C=O) groups is 1. The minimum Gasteiger partial charge on any atom is -0.508 e. The number of ketones is 1. The van der Waals surface area contributed by atoms with Gasteiger partial charge in [-0.3, -0.25) is 4.79 Å². The van der Waals surface area contributed by atoms with Crippen molar-refractivity contribution in [2.45, 2.75) is 20.8 Å². The summed E-state index contributed by atoms with van der Waals surface area (Å²) in [4.78, 5) is 11.3. The van der Waals surface area contributed by atoms with Gasteiger partial charge in [-0.05, 0) is 42.0 Å². The van der Waals surface area contributed by atoms with Gasteiger partial charge in [0, 0.05) is 0 Å². The van der Waals surface area contributed by atoms with E-state index in [0.29, 0.717) is 10.8 Å². The predicted molar refractivity (Wildman–Crippen MR) is 66.9 cm³/mol. The number of halogens is 1. The molecule has 0 saturated carbocycles. The fourth-order valence-electron chi connectivity index (χ4n) is 1.65. The molecular weight excluding hydrogens is 219 g/mol. The number of phenols is 1. The van der Waals surface area contributed by atoms with Crippen molar-refractivity contribution in [2.75, 3.05) is 0 Å². The molecule has 2 nitrogen and oxygen atoms in total. The van der Waals surface area contributed by atoms with Gasteiger partial charge in [0.05, 0.1) is 5.56 Å². The lowest BCUT2D eigenvalue weighted by Crippen LogP contribution is -1.98. The second-order valence-electron chi connectivity index (χ2n) is 3.38. The molecule has 0 heterocycles. The summed E-state index contributed by atoms with van der Waals surface area (Å²) in [6.07, 6.45) is 0. The third-order valence-corrected chi connectivity index (χ3v) is 2.30. The molecule has 0 aliphatic rings. The minimum absolute atomic E-state index is 0.0764. The summed E-state index contributed by atoms with van der Waals surface area (Å²) in [7, 11) is 0. The van der Waals surface area contributed by atoms with Gasteiger partial charge in [0.2, 0.25) is 0 Å². The minimum atomic E-state index is -0.527. The number of rotatable bonds is 1. The average molecular weight is 234 g/mol. The number of carbonyl (C=O) groups excluding carboxylic acids is 1. The largest absolute Gasteiger partial charge is 0.508 e. The van der Waals surface area contributed by atoms with Crippen molar-refractivity contribution in [3.05, 3.63) is 41.7 Å². The summed E-state index contributed by atoms with van der Waals surface area (Å²) in [5.41, 5.74) is 0.0764. The Bertz CT molecular complexity index is 547. The van der Waals surface area contributed by atoms with Crippen LogP contribution in [0.15, 0.2) is 30.3 Å². The number of hydrogen-bond donors (Lipinski definition) is 1. The fraction of sp³-hybridized carbons (Fsp3) is 0.214. The molecule has 2 rings (SSSR count). The molecular formula is C14H15FO2. The van der Waals surface area contributed by atoms with Gasteiger partial charge in [0.1, 0.15) is 11.6 Å². The molecule has 3 heteroatoms. The third-order valence-electron chi connectivity index (χ3n) is 2.30. The molecule has 0 bridgehead atoms. The first kappa shape index (κ1) is 13.2. The lowest BCUT2D eigenvalue weighted by atomic mass is 10.0. The van der Waals surface area contributed by atoms with Gasteiger partial charge in [-0.2, -0.15) is 0 Å². The maximum absolute atomic E-state index is 13.4. The van der Waals surface area contributed by atoms with E-state index >= 15 is 0 Å². The number of Topliss-reactive ketones (excluding diaryl/α,β-unsaturated/α-hetero) is 1. The van der Waals surface area contributed by atoms with Crippen molar-refractivity contribution in [3.8, 4) is 5.75 Å². The topological polar surface area (TPSA) is 37.3 Å². The van der Waals surface area contributed by atoms with Gasteiger partial charge in [-0.15, -0.1) is 0 Å². The zero-order valence-corrected chi connectivity index (χ0v) is 10.1. The van der Waals surface area contributed by atoms with E-state index in [1.807, 2.05) is 13.8 Å². The smallest absolute Gasteiger partial charge is 0.163 e. The molecule has 0 saturated heterocycles. The van der Waals surface area contributed by atoms with Crippen LogP contribution >= 0.6 is 0 Å². The number of hydrogen-bond acceptors (Lipinski definition) is 2.